The fraction of sp³-hybridized carbons (Fsp3) is 0.100. The third-order valence-electron chi connectivity index (χ3n) is 2.00. The van der Waals surface area contributed by atoms with Crippen molar-refractivity contribution in [3.05, 3.63) is 34.6 Å². The molecule has 6 nitrogen and oxygen atoms in total. The number of ether oxygens (including phenoxy) is 1. The Morgan fingerprint density at radius 3 is 2.71 bits per heavy atom. The van der Waals surface area contributed by atoms with Gasteiger partial charge in [-0.05, 0) is 42.0 Å². The topological polar surface area (TPSA) is 78.1 Å². The molecular formula is C10H11N5OS. The maximum Gasteiger partial charge on any atom is 0.238 e. The molecule has 0 aliphatic rings. The van der Waals surface area contributed by atoms with Gasteiger partial charge in [-0.25, -0.2) is 5.43 Å². The van der Waals surface area contributed by atoms with Gasteiger partial charge in [0, 0.05) is 0 Å². The Bertz CT molecular complexity index is 557. The van der Waals surface area contributed by atoms with Crippen molar-refractivity contribution < 1.29 is 4.74 Å². The van der Waals surface area contributed by atoms with Gasteiger partial charge in [0.15, 0.2) is 0 Å². The predicted molar refractivity (Wildman–Crippen MR) is 68.0 cm³/mol. The summed E-state index contributed by atoms with van der Waals surface area (Å²) in [6, 6.07) is 7.53. The van der Waals surface area contributed by atoms with Crippen LogP contribution >= 0.6 is 12.2 Å². The van der Waals surface area contributed by atoms with Crippen LogP contribution in [0.2, 0.25) is 0 Å². The molecule has 7 heteroatoms. The Labute approximate surface area is 103 Å². The molecule has 1 aromatic carbocycles. The second-order valence-corrected chi connectivity index (χ2v) is 3.55. The van der Waals surface area contributed by atoms with E-state index >= 15 is 0 Å². The smallest absolute Gasteiger partial charge is 0.238 e. The van der Waals surface area contributed by atoms with Crippen molar-refractivity contribution in [1.82, 2.24) is 15.2 Å². The van der Waals surface area contributed by atoms with E-state index in [1.54, 1.807) is 13.3 Å². The van der Waals surface area contributed by atoms with Crippen LogP contribution in [0, 0.1) is 4.77 Å². The van der Waals surface area contributed by atoms with Gasteiger partial charge in [0.25, 0.3) is 0 Å². The highest BCUT2D eigenvalue weighted by Crippen LogP contribution is 2.09. The van der Waals surface area contributed by atoms with E-state index in [-0.39, 0.29) is 0 Å². The average molecular weight is 249 g/mol. The molecule has 88 valence electrons. The molecule has 0 atom stereocenters. The Morgan fingerprint density at radius 2 is 2.12 bits per heavy atom. The van der Waals surface area contributed by atoms with Gasteiger partial charge >= 0.3 is 0 Å². The molecule has 0 saturated heterocycles. The number of hydrogen-bond acceptors (Lipinski definition) is 5. The lowest BCUT2D eigenvalue weighted by Crippen LogP contribution is -1.92. The van der Waals surface area contributed by atoms with Crippen LogP contribution < -0.4 is 10.2 Å². The summed E-state index contributed by atoms with van der Waals surface area (Å²) in [7, 11) is 1.63. The van der Waals surface area contributed by atoms with E-state index in [4.69, 9.17) is 17.0 Å². The minimum Gasteiger partial charge on any atom is -0.497 e. The second-order valence-electron chi connectivity index (χ2n) is 3.16. The monoisotopic (exact) mass is 249 g/mol. The van der Waals surface area contributed by atoms with Gasteiger partial charge in [-0.2, -0.15) is 10.1 Å². The molecule has 0 saturated carbocycles. The van der Waals surface area contributed by atoms with Crippen molar-refractivity contribution in [3.63, 3.8) is 0 Å². The first-order valence-corrected chi connectivity index (χ1v) is 5.26. The number of nitrogens with zero attached hydrogens (tertiary/aromatic N) is 2. The van der Waals surface area contributed by atoms with Gasteiger partial charge in [0.05, 0.1) is 13.3 Å². The average Bonchev–Trinajstić information content (AvgIpc) is 2.76. The molecule has 1 heterocycles. The van der Waals surface area contributed by atoms with Crippen molar-refractivity contribution in [2.75, 3.05) is 12.5 Å². The number of nitrogens with one attached hydrogen (secondary N) is 3. The van der Waals surface area contributed by atoms with E-state index in [9.17, 15) is 0 Å². The Kier molecular flexibility index (Phi) is 3.51. The summed E-state index contributed by atoms with van der Waals surface area (Å²) in [5, 5.41) is 9.39. The van der Waals surface area contributed by atoms with Crippen LogP contribution in [0.4, 0.5) is 5.95 Å². The number of hydrogen-bond donors (Lipinski definition) is 3. The largest absolute Gasteiger partial charge is 0.497 e. The fourth-order valence-electron chi connectivity index (χ4n) is 1.18. The first-order chi connectivity index (χ1) is 8.28. The predicted octanol–water partition coefficient (Wildman–Crippen LogP) is 1.92. The summed E-state index contributed by atoms with van der Waals surface area (Å²) in [6.07, 6.45) is 1.67. The SMILES string of the molecule is COc1ccc(/C=N\Nc2nc(=S)[nH][nH]2)cc1. The summed E-state index contributed by atoms with van der Waals surface area (Å²) in [5.74, 6) is 1.28. The Balaban J connectivity index is 1.97. The Morgan fingerprint density at radius 1 is 1.35 bits per heavy atom. The minimum atomic E-state index is 0.382. The van der Waals surface area contributed by atoms with Gasteiger partial charge in [0.2, 0.25) is 10.7 Å². The first kappa shape index (κ1) is 11.3. The summed E-state index contributed by atoms with van der Waals surface area (Å²) in [6.45, 7) is 0. The van der Waals surface area contributed by atoms with Crippen molar-refractivity contribution >= 4 is 24.4 Å². The quantitative estimate of drug-likeness (QED) is 0.439. The number of aromatic amines is 2. The molecular weight excluding hydrogens is 238 g/mol. The molecule has 0 bridgehead atoms. The van der Waals surface area contributed by atoms with Crippen LogP contribution in [-0.4, -0.2) is 28.5 Å². The summed E-state index contributed by atoms with van der Waals surface area (Å²) in [4.78, 5) is 3.93. The third-order valence-corrected chi connectivity index (χ3v) is 2.19. The Hall–Kier alpha value is -2.15. The maximum atomic E-state index is 5.05. The van der Waals surface area contributed by atoms with Crippen LogP contribution in [-0.2, 0) is 0 Å². The molecule has 2 rings (SSSR count). The van der Waals surface area contributed by atoms with Crippen LogP contribution in [0.15, 0.2) is 29.4 Å². The number of methoxy groups -OCH3 is 1. The zero-order valence-electron chi connectivity index (χ0n) is 9.10. The number of rotatable bonds is 4. The van der Waals surface area contributed by atoms with Crippen molar-refractivity contribution in [1.29, 1.82) is 0 Å². The zero-order valence-corrected chi connectivity index (χ0v) is 9.91. The zero-order chi connectivity index (χ0) is 12.1. The van der Waals surface area contributed by atoms with Gasteiger partial charge in [0.1, 0.15) is 5.75 Å². The number of aromatic nitrogens is 3. The van der Waals surface area contributed by atoms with Crippen LogP contribution in [0.5, 0.6) is 5.75 Å². The maximum absolute atomic E-state index is 5.05. The summed E-state index contributed by atoms with van der Waals surface area (Å²) in [5.41, 5.74) is 3.67. The van der Waals surface area contributed by atoms with Gasteiger partial charge in [-0.3, -0.25) is 10.2 Å². The first-order valence-electron chi connectivity index (χ1n) is 4.86. The second kappa shape index (κ2) is 5.26. The van der Waals surface area contributed by atoms with E-state index in [1.165, 1.54) is 0 Å². The van der Waals surface area contributed by atoms with Gasteiger partial charge in [-0.15, -0.1) is 0 Å². The molecule has 0 fully saturated rings. The molecule has 0 unspecified atom stereocenters. The number of hydrazone groups is 1. The lowest BCUT2D eigenvalue weighted by Gasteiger charge is -1.98. The molecule has 0 spiro atoms. The highest BCUT2D eigenvalue weighted by molar-refractivity contribution is 7.71. The number of H-pyrrole nitrogens is 2. The van der Waals surface area contributed by atoms with Gasteiger partial charge < -0.3 is 4.74 Å². The normalized spacial score (nSPS) is 10.6. The van der Waals surface area contributed by atoms with Crippen molar-refractivity contribution in [2.45, 2.75) is 0 Å². The van der Waals surface area contributed by atoms with E-state index < -0.39 is 0 Å². The van der Waals surface area contributed by atoms with Crippen LogP contribution in [0.25, 0.3) is 0 Å². The van der Waals surface area contributed by atoms with Crippen LogP contribution in [0.3, 0.4) is 0 Å². The fourth-order valence-corrected chi connectivity index (χ4v) is 1.32. The number of benzene rings is 1. The standard InChI is InChI=1S/C10H11N5OS/c1-16-8-4-2-7(3-5-8)6-11-13-9-12-10(17)15-14-9/h2-6H,1H3,(H3,12,13,14,15,17)/b11-6-. The third kappa shape index (κ3) is 3.15. The van der Waals surface area contributed by atoms with E-state index in [0.717, 1.165) is 11.3 Å². The summed E-state index contributed by atoms with van der Waals surface area (Å²) < 4.78 is 5.44. The van der Waals surface area contributed by atoms with E-state index in [0.29, 0.717) is 10.7 Å². The molecule has 2 aromatic rings. The lowest BCUT2D eigenvalue weighted by atomic mass is 10.2. The minimum absolute atomic E-state index is 0.382. The molecule has 3 N–H and O–H groups in total. The molecule has 0 amide bonds. The van der Waals surface area contributed by atoms with Crippen molar-refractivity contribution in [2.24, 2.45) is 5.10 Å². The highest BCUT2D eigenvalue weighted by Gasteiger charge is 1.92. The van der Waals surface area contributed by atoms with Crippen molar-refractivity contribution in [3.8, 4) is 5.75 Å². The lowest BCUT2D eigenvalue weighted by molar-refractivity contribution is 0.415. The molecule has 0 aliphatic carbocycles. The number of anilines is 1. The van der Waals surface area contributed by atoms with Gasteiger partial charge in [-0.1, -0.05) is 0 Å². The molecule has 1 aromatic heterocycles. The summed E-state index contributed by atoms with van der Waals surface area (Å²) >= 11 is 4.80. The van der Waals surface area contributed by atoms with E-state index in [1.807, 2.05) is 24.3 Å². The van der Waals surface area contributed by atoms with Crippen LogP contribution in [0.1, 0.15) is 5.56 Å². The molecule has 0 radical (unpaired) electrons. The highest BCUT2D eigenvalue weighted by atomic mass is 32.1. The van der Waals surface area contributed by atoms with E-state index in [2.05, 4.69) is 25.7 Å². The molecule has 17 heavy (non-hydrogen) atoms. The molecule has 0 aliphatic heterocycles.